The Kier molecular flexibility index (Phi) is 9.27. The largest absolute Gasteiger partial charge is 0.521 e. The lowest BCUT2D eigenvalue weighted by Gasteiger charge is -2.47. The second-order valence-corrected chi connectivity index (χ2v) is 12.5. The average Bonchev–Trinajstić information content (AvgIpc) is 3.04. The third-order valence-corrected chi connectivity index (χ3v) is 11.3. The van der Waals surface area contributed by atoms with E-state index in [4.69, 9.17) is 13.3 Å². The van der Waals surface area contributed by atoms with E-state index in [1.807, 2.05) is 20.8 Å². The van der Waals surface area contributed by atoms with Gasteiger partial charge in [0.25, 0.3) is 0 Å². The lowest BCUT2D eigenvalue weighted by molar-refractivity contribution is 0.0555. The van der Waals surface area contributed by atoms with E-state index in [0.29, 0.717) is 19.8 Å². The van der Waals surface area contributed by atoms with Crippen LogP contribution in [0.15, 0.2) is 140 Å². The molecule has 5 aromatic carbocycles. The first-order chi connectivity index (χ1) is 20.2. The normalized spacial score (nSPS) is 11.9. The lowest BCUT2D eigenvalue weighted by atomic mass is 9.78. The molecule has 0 aliphatic heterocycles. The van der Waals surface area contributed by atoms with Crippen LogP contribution in [-0.2, 0) is 18.3 Å². The zero-order chi connectivity index (χ0) is 28.5. The van der Waals surface area contributed by atoms with Gasteiger partial charge in [-0.1, -0.05) is 140 Å². The number of hydrogen-bond donors (Lipinski definition) is 0. The van der Waals surface area contributed by atoms with Gasteiger partial charge in [-0.05, 0) is 59.7 Å². The van der Waals surface area contributed by atoms with Gasteiger partial charge in [-0.25, -0.2) is 0 Å². The molecule has 4 heteroatoms. The summed E-state index contributed by atoms with van der Waals surface area (Å²) >= 11 is 0. The molecule has 3 nitrogen and oxygen atoms in total. The summed E-state index contributed by atoms with van der Waals surface area (Å²) in [4.78, 5) is 0. The van der Waals surface area contributed by atoms with Crippen molar-refractivity contribution in [2.75, 3.05) is 19.8 Å². The maximum absolute atomic E-state index is 6.87. The van der Waals surface area contributed by atoms with Crippen molar-refractivity contribution in [3.8, 4) is 22.3 Å². The van der Waals surface area contributed by atoms with E-state index in [0.717, 1.165) is 38.9 Å². The second kappa shape index (κ2) is 13.2. The van der Waals surface area contributed by atoms with Crippen LogP contribution >= 0.6 is 0 Å². The molecule has 0 atom stereocenters. The molecule has 0 N–H and O–H groups in total. The predicted molar refractivity (Wildman–Crippen MR) is 171 cm³/mol. The highest BCUT2D eigenvalue weighted by Crippen LogP contribution is 2.52. The summed E-state index contributed by atoms with van der Waals surface area (Å²) < 4.78 is 20.6. The van der Waals surface area contributed by atoms with Crippen molar-refractivity contribution in [2.24, 2.45) is 0 Å². The fourth-order valence-corrected chi connectivity index (χ4v) is 9.65. The molecule has 0 bridgehead atoms. The minimum Gasteiger partial charge on any atom is -0.373 e. The van der Waals surface area contributed by atoms with Crippen molar-refractivity contribution >= 4 is 8.80 Å². The number of benzene rings is 5. The van der Waals surface area contributed by atoms with Gasteiger partial charge in [0.1, 0.15) is 5.04 Å². The van der Waals surface area contributed by atoms with Crippen LogP contribution < -0.4 is 0 Å². The summed E-state index contributed by atoms with van der Waals surface area (Å²) in [5.41, 5.74) is 7.84. The van der Waals surface area contributed by atoms with Gasteiger partial charge < -0.3 is 13.3 Å². The fraction of sp³-hybridized carbons (Fsp3) is 0.189. The van der Waals surface area contributed by atoms with Crippen LogP contribution in [-0.4, -0.2) is 28.6 Å². The Balaban J connectivity index is 2.03. The van der Waals surface area contributed by atoms with Crippen molar-refractivity contribution < 1.29 is 13.3 Å². The Morgan fingerprint density at radius 3 is 1.32 bits per heavy atom. The van der Waals surface area contributed by atoms with E-state index in [-0.39, 0.29) is 0 Å². The zero-order valence-corrected chi connectivity index (χ0v) is 25.1. The van der Waals surface area contributed by atoms with E-state index in [9.17, 15) is 0 Å². The van der Waals surface area contributed by atoms with Gasteiger partial charge in [0, 0.05) is 19.8 Å². The Morgan fingerprint density at radius 1 is 0.463 bits per heavy atom. The summed E-state index contributed by atoms with van der Waals surface area (Å²) in [7, 11) is -3.59. The first-order valence-electron chi connectivity index (χ1n) is 14.5. The summed E-state index contributed by atoms with van der Waals surface area (Å²) in [6.45, 7) is 7.48. The van der Waals surface area contributed by atoms with Gasteiger partial charge >= 0.3 is 8.80 Å². The molecule has 5 rings (SSSR count). The Bertz CT molecular complexity index is 1450. The highest BCUT2D eigenvalue weighted by atomic mass is 28.4. The summed E-state index contributed by atoms with van der Waals surface area (Å²) in [6, 6.07) is 49.1. The fourth-order valence-electron chi connectivity index (χ4n) is 6.03. The van der Waals surface area contributed by atoms with Crippen molar-refractivity contribution in [1.29, 1.82) is 0 Å². The molecule has 0 saturated heterocycles. The Morgan fingerprint density at radius 2 is 0.878 bits per heavy atom. The lowest BCUT2D eigenvalue weighted by Crippen LogP contribution is -2.64. The third kappa shape index (κ3) is 5.32. The van der Waals surface area contributed by atoms with Gasteiger partial charge in [-0.3, -0.25) is 0 Å². The number of hydrogen-bond acceptors (Lipinski definition) is 3. The molecule has 0 spiro atoms. The summed E-state index contributed by atoms with van der Waals surface area (Å²) in [5.74, 6) is 0. The smallest absolute Gasteiger partial charge is 0.373 e. The highest BCUT2D eigenvalue weighted by molar-refractivity contribution is 6.66. The molecule has 5 aromatic rings. The van der Waals surface area contributed by atoms with E-state index >= 15 is 0 Å². The quantitative estimate of drug-likeness (QED) is 0.113. The SMILES string of the molecule is CCO[Si](OCC)(OCC)C(c1ccccc1)(c1ccccc1)c1cccc(-c2ccccc2)c1-c1ccccc1. The number of rotatable bonds is 12. The maximum Gasteiger partial charge on any atom is 0.521 e. The molecule has 0 radical (unpaired) electrons. The standard InChI is InChI=1S/C37H38O3Si/c1-4-38-41(39-5-2,40-6-3)37(32-24-15-9-16-25-32,33-26-17-10-18-27-33)35-29-19-28-34(30-20-11-7-12-21-30)36(35)31-22-13-8-14-23-31/h7-29H,4-6H2,1-3H3. The molecule has 0 saturated carbocycles. The van der Waals surface area contributed by atoms with Crippen molar-refractivity contribution in [1.82, 2.24) is 0 Å². The molecule has 41 heavy (non-hydrogen) atoms. The van der Waals surface area contributed by atoms with Crippen molar-refractivity contribution in [3.63, 3.8) is 0 Å². The predicted octanol–water partition coefficient (Wildman–Crippen LogP) is 8.94. The van der Waals surface area contributed by atoms with E-state index in [2.05, 4.69) is 140 Å². The van der Waals surface area contributed by atoms with E-state index in [1.165, 1.54) is 0 Å². The van der Waals surface area contributed by atoms with E-state index < -0.39 is 13.8 Å². The van der Waals surface area contributed by atoms with Gasteiger partial charge in [0.2, 0.25) is 0 Å². The Hall–Kier alpha value is -3.80. The van der Waals surface area contributed by atoms with Crippen molar-refractivity contribution in [3.05, 3.63) is 156 Å². The third-order valence-electron chi connectivity index (χ3n) is 7.49. The van der Waals surface area contributed by atoms with Gasteiger partial charge in [-0.2, -0.15) is 0 Å². The maximum atomic E-state index is 6.87. The molecule has 0 aliphatic rings. The van der Waals surface area contributed by atoms with Crippen LogP contribution in [0.3, 0.4) is 0 Å². The van der Waals surface area contributed by atoms with Gasteiger partial charge in [-0.15, -0.1) is 0 Å². The summed E-state index contributed by atoms with van der Waals surface area (Å²) in [5, 5.41) is -0.868. The highest BCUT2D eigenvalue weighted by Gasteiger charge is 2.64. The monoisotopic (exact) mass is 558 g/mol. The minimum absolute atomic E-state index is 0.465. The van der Waals surface area contributed by atoms with Crippen LogP contribution in [0.25, 0.3) is 22.3 Å². The van der Waals surface area contributed by atoms with Crippen LogP contribution in [0, 0.1) is 0 Å². The molecule has 0 amide bonds. The Labute approximate surface area is 245 Å². The van der Waals surface area contributed by atoms with Gasteiger partial charge in [0.15, 0.2) is 0 Å². The topological polar surface area (TPSA) is 27.7 Å². The minimum atomic E-state index is -3.59. The molecule has 0 fully saturated rings. The van der Waals surface area contributed by atoms with Crippen molar-refractivity contribution in [2.45, 2.75) is 25.8 Å². The summed E-state index contributed by atoms with van der Waals surface area (Å²) in [6.07, 6.45) is 0. The van der Waals surface area contributed by atoms with Crippen LogP contribution in [0.1, 0.15) is 37.5 Å². The van der Waals surface area contributed by atoms with Gasteiger partial charge in [0.05, 0.1) is 0 Å². The molecule has 208 valence electrons. The average molecular weight is 559 g/mol. The first-order valence-corrected chi connectivity index (χ1v) is 16.2. The molecule has 0 aliphatic carbocycles. The zero-order valence-electron chi connectivity index (χ0n) is 24.1. The second-order valence-electron chi connectivity index (χ2n) is 9.80. The van der Waals surface area contributed by atoms with Crippen LogP contribution in [0.4, 0.5) is 0 Å². The van der Waals surface area contributed by atoms with Crippen LogP contribution in [0.5, 0.6) is 0 Å². The molecular weight excluding hydrogens is 520 g/mol. The molecular formula is C37H38O3Si. The molecule has 0 aromatic heterocycles. The van der Waals surface area contributed by atoms with Crippen LogP contribution in [0.2, 0.25) is 0 Å². The molecule has 0 heterocycles. The van der Waals surface area contributed by atoms with E-state index in [1.54, 1.807) is 0 Å². The molecule has 0 unspecified atom stereocenters. The first kappa shape index (κ1) is 28.7.